The van der Waals surface area contributed by atoms with E-state index in [1.807, 2.05) is 0 Å². The van der Waals surface area contributed by atoms with Crippen molar-refractivity contribution in [2.75, 3.05) is 5.32 Å². The summed E-state index contributed by atoms with van der Waals surface area (Å²) in [5.74, 6) is -0.226. The first kappa shape index (κ1) is 18.2. The van der Waals surface area contributed by atoms with Gasteiger partial charge >= 0.3 is 12.3 Å². The van der Waals surface area contributed by atoms with Gasteiger partial charge in [0.05, 0.1) is 11.3 Å². The Hall–Kier alpha value is -3.62. The van der Waals surface area contributed by atoms with Crippen molar-refractivity contribution in [2.45, 2.75) is 6.18 Å². The molecule has 0 saturated carbocycles. The number of ether oxygens (including phenoxy) is 1. The van der Waals surface area contributed by atoms with Crippen molar-refractivity contribution in [2.24, 2.45) is 0 Å². The highest BCUT2D eigenvalue weighted by Crippen LogP contribution is 2.31. The van der Waals surface area contributed by atoms with Gasteiger partial charge in [-0.25, -0.2) is 9.89 Å². The number of halogens is 3. The van der Waals surface area contributed by atoms with Crippen LogP contribution in [0.1, 0.15) is 5.56 Å². The van der Waals surface area contributed by atoms with Gasteiger partial charge in [0, 0.05) is 17.3 Å². The normalized spacial score (nSPS) is 11.1. The Morgan fingerprint density at radius 2 is 1.78 bits per heavy atom. The van der Waals surface area contributed by atoms with Crippen molar-refractivity contribution in [3.8, 4) is 17.0 Å². The van der Waals surface area contributed by atoms with Crippen LogP contribution in [0.4, 0.5) is 23.7 Å². The van der Waals surface area contributed by atoms with Crippen molar-refractivity contribution in [1.82, 2.24) is 10.2 Å². The fraction of sp³-hybridized carbons (Fsp3) is 0.0556. The SMILES string of the molecule is O=C(Nc1ccc(-c2ccc(=O)[nH]n2)cc1)Oc1cccc(C(F)(F)F)c1. The van der Waals surface area contributed by atoms with Crippen LogP contribution in [0.3, 0.4) is 0 Å². The molecule has 3 rings (SSSR count). The van der Waals surface area contributed by atoms with Crippen molar-refractivity contribution >= 4 is 11.8 Å². The van der Waals surface area contributed by atoms with E-state index in [-0.39, 0.29) is 11.3 Å². The van der Waals surface area contributed by atoms with E-state index in [0.29, 0.717) is 16.9 Å². The second-order valence-corrected chi connectivity index (χ2v) is 5.42. The molecule has 1 heterocycles. The van der Waals surface area contributed by atoms with Crippen LogP contribution in [0, 0.1) is 0 Å². The van der Waals surface area contributed by atoms with Crippen LogP contribution >= 0.6 is 0 Å². The summed E-state index contributed by atoms with van der Waals surface area (Å²) in [5.41, 5.74) is 0.371. The number of anilines is 1. The summed E-state index contributed by atoms with van der Waals surface area (Å²) < 4.78 is 42.9. The van der Waals surface area contributed by atoms with Gasteiger partial charge in [0.2, 0.25) is 0 Å². The maximum absolute atomic E-state index is 12.7. The highest BCUT2D eigenvalue weighted by Gasteiger charge is 2.30. The van der Waals surface area contributed by atoms with E-state index in [1.165, 1.54) is 12.1 Å². The molecule has 0 aliphatic heterocycles. The number of hydrogen-bond donors (Lipinski definition) is 2. The molecule has 6 nitrogen and oxygen atoms in total. The quantitative estimate of drug-likeness (QED) is 0.723. The molecule has 0 bridgehead atoms. The maximum Gasteiger partial charge on any atom is 0.417 e. The highest BCUT2D eigenvalue weighted by molar-refractivity contribution is 5.86. The zero-order valence-electron chi connectivity index (χ0n) is 13.6. The lowest BCUT2D eigenvalue weighted by atomic mass is 10.1. The molecule has 1 amide bonds. The van der Waals surface area contributed by atoms with Gasteiger partial charge in [-0.1, -0.05) is 18.2 Å². The summed E-state index contributed by atoms with van der Waals surface area (Å²) in [6, 6.07) is 13.3. The molecule has 0 saturated heterocycles. The molecule has 0 fully saturated rings. The molecule has 0 radical (unpaired) electrons. The van der Waals surface area contributed by atoms with E-state index in [0.717, 1.165) is 18.2 Å². The third-order valence-corrected chi connectivity index (χ3v) is 3.48. The van der Waals surface area contributed by atoms with Crippen molar-refractivity contribution in [3.63, 3.8) is 0 Å². The standard InChI is InChI=1S/C18H12F3N3O3/c19-18(20,21)12-2-1-3-14(10-12)27-17(26)22-13-6-4-11(5-7-13)15-8-9-16(25)24-23-15/h1-10H,(H,22,26)(H,24,25). The second-order valence-electron chi connectivity index (χ2n) is 5.42. The van der Waals surface area contributed by atoms with Crippen molar-refractivity contribution in [1.29, 1.82) is 0 Å². The van der Waals surface area contributed by atoms with Crippen molar-refractivity contribution < 1.29 is 22.7 Å². The summed E-state index contributed by atoms with van der Waals surface area (Å²) in [6.45, 7) is 0. The lowest BCUT2D eigenvalue weighted by Crippen LogP contribution is -2.17. The first-order chi connectivity index (χ1) is 12.8. The van der Waals surface area contributed by atoms with E-state index < -0.39 is 17.8 Å². The predicted octanol–water partition coefficient (Wildman–Crippen LogP) is 4.07. The molecule has 0 spiro atoms. The lowest BCUT2D eigenvalue weighted by Gasteiger charge is -2.10. The molecule has 1 aromatic heterocycles. The Morgan fingerprint density at radius 3 is 2.41 bits per heavy atom. The fourth-order valence-corrected chi connectivity index (χ4v) is 2.22. The number of benzene rings is 2. The van der Waals surface area contributed by atoms with Crippen LogP contribution in [0.15, 0.2) is 65.5 Å². The van der Waals surface area contributed by atoms with Gasteiger partial charge in [-0.05, 0) is 36.4 Å². The molecule has 138 valence electrons. The van der Waals surface area contributed by atoms with Crippen LogP contribution < -0.4 is 15.6 Å². The largest absolute Gasteiger partial charge is 0.417 e. The van der Waals surface area contributed by atoms with Gasteiger partial charge in [0.1, 0.15) is 5.75 Å². The number of carbonyl (C=O) groups is 1. The lowest BCUT2D eigenvalue weighted by molar-refractivity contribution is -0.137. The van der Waals surface area contributed by atoms with Crippen molar-refractivity contribution in [3.05, 3.63) is 76.6 Å². The van der Waals surface area contributed by atoms with Gasteiger partial charge in [0.25, 0.3) is 5.56 Å². The summed E-state index contributed by atoms with van der Waals surface area (Å²) in [7, 11) is 0. The van der Waals surface area contributed by atoms with Gasteiger partial charge < -0.3 is 4.74 Å². The molecule has 0 unspecified atom stereocenters. The maximum atomic E-state index is 12.7. The average Bonchev–Trinajstić information content (AvgIpc) is 2.62. The number of aromatic nitrogens is 2. The average molecular weight is 375 g/mol. The number of hydrogen-bond acceptors (Lipinski definition) is 4. The number of carbonyl (C=O) groups excluding carboxylic acids is 1. The minimum absolute atomic E-state index is 0.226. The molecule has 2 aromatic carbocycles. The zero-order chi connectivity index (χ0) is 19.4. The minimum atomic E-state index is -4.53. The van der Waals surface area contributed by atoms with E-state index in [2.05, 4.69) is 15.5 Å². The molecule has 9 heteroatoms. The van der Waals surface area contributed by atoms with E-state index in [1.54, 1.807) is 30.3 Å². The fourth-order valence-electron chi connectivity index (χ4n) is 2.22. The summed E-state index contributed by atoms with van der Waals surface area (Å²) in [4.78, 5) is 22.9. The second kappa shape index (κ2) is 7.32. The number of nitrogens with zero attached hydrogens (tertiary/aromatic N) is 1. The minimum Gasteiger partial charge on any atom is -0.410 e. The first-order valence-corrected chi connectivity index (χ1v) is 7.63. The third kappa shape index (κ3) is 4.72. The Kier molecular flexibility index (Phi) is 4.93. The number of aromatic amines is 1. The zero-order valence-corrected chi connectivity index (χ0v) is 13.6. The molecule has 0 aliphatic rings. The predicted molar refractivity (Wildman–Crippen MR) is 91.4 cm³/mol. The third-order valence-electron chi connectivity index (χ3n) is 3.48. The Labute approximate surface area is 150 Å². The summed E-state index contributed by atoms with van der Waals surface area (Å²) >= 11 is 0. The van der Waals surface area contributed by atoms with Crippen LogP contribution in [-0.4, -0.2) is 16.3 Å². The van der Waals surface area contributed by atoms with Crippen LogP contribution in [0.25, 0.3) is 11.3 Å². The topological polar surface area (TPSA) is 84.1 Å². The number of nitrogens with one attached hydrogen (secondary N) is 2. The van der Waals surface area contributed by atoms with Crippen LogP contribution in [0.2, 0.25) is 0 Å². The van der Waals surface area contributed by atoms with Crippen LogP contribution in [0.5, 0.6) is 5.75 Å². The molecule has 3 aromatic rings. The van der Waals surface area contributed by atoms with Gasteiger partial charge in [-0.2, -0.15) is 18.3 Å². The smallest absolute Gasteiger partial charge is 0.410 e. The van der Waals surface area contributed by atoms with Gasteiger partial charge in [-0.3, -0.25) is 10.1 Å². The molecule has 0 atom stereocenters. The number of rotatable bonds is 3. The van der Waals surface area contributed by atoms with E-state index >= 15 is 0 Å². The summed E-state index contributed by atoms with van der Waals surface area (Å²) in [6.07, 6.45) is -5.45. The Morgan fingerprint density at radius 1 is 1.04 bits per heavy atom. The number of alkyl halides is 3. The number of H-pyrrole nitrogens is 1. The van der Waals surface area contributed by atoms with E-state index in [4.69, 9.17) is 4.74 Å². The molecule has 2 N–H and O–H groups in total. The monoisotopic (exact) mass is 375 g/mol. The summed E-state index contributed by atoms with van der Waals surface area (Å²) in [5, 5.41) is 8.61. The Balaban J connectivity index is 1.66. The van der Waals surface area contributed by atoms with Crippen LogP contribution in [-0.2, 0) is 6.18 Å². The van der Waals surface area contributed by atoms with Gasteiger partial charge in [-0.15, -0.1) is 0 Å². The Bertz CT molecular complexity index is 994. The molecular formula is C18H12F3N3O3. The highest BCUT2D eigenvalue weighted by atomic mass is 19.4. The van der Waals surface area contributed by atoms with E-state index in [9.17, 15) is 22.8 Å². The van der Waals surface area contributed by atoms with Gasteiger partial charge in [0.15, 0.2) is 0 Å². The molecule has 0 aliphatic carbocycles. The first-order valence-electron chi connectivity index (χ1n) is 7.63. The molecule has 27 heavy (non-hydrogen) atoms. The molecular weight excluding hydrogens is 363 g/mol. The number of amides is 1.